The van der Waals surface area contributed by atoms with Crippen LogP contribution in [0.3, 0.4) is 0 Å². The first-order valence-electron chi connectivity index (χ1n) is 8.46. The fourth-order valence-corrected chi connectivity index (χ4v) is 2.99. The Bertz CT molecular complexity index is 602. The van der Waals surface area contributed by atoms with Crippen LogP contribution in [0.2, 0.25) is 0 Å². The van der Waals surface area contributed by atoms with Gasteiger partial charge in [-0.3, -0.25) is 15.0 Å². The van der Waals surface area contributed by atoms with Crippen LogP contribution in [0.4, 0.5) is 5.69 Å². The molecule has 0 aromatic heterocycles. The van der Waals surface area contributed by atoms with Crippen molar-refractivity contribution in [3.63, 3.8) is 0 Å². The molecule has 1 saturated heterocycles. The van der Waals surface area contributed by atoms with E-state index in [-0.39, 0.29) is 18.0 Å². The lowest BCUT2D eigenvalue weighted by Crippen LogP contribution is -2.36. The van der Waals surface area contributed by atoms with E-state index in [4.69, 9.17) is 4.74 Å². The Labute approximate surface area is 147 Å². The predicted molar refractivity (Wildman–Crippen MR) is 92.6 cm³/mol. The van der Waals surface area contributed by atoms with Gasteiger partial charge >= 0.3 is 11.7 Å². The third kappa shape index (κ3) is 5.40. The molecule has 0 aliphatic carbocycles. The SMILES string of the molecule is CCCN(Cc1ccc(OCC(=O)OC)c([N+](=O)[O-])c1)C1CCNC1. The van der Waals surface area contributed by atoms with Crippen LogP contribution in [0.5, 0.6) is 5.75 Å². The molecule has 1 aromatic rings. The number of ether oxygens (including phenoxy) is 2. The summed E-state index contributed by atoms with van der Waals surface area (Å²) in [5.41, 5.74) is 0.722. The largest absolute Gasteiger partial charge is 0.475 e. The summed E-state index contributed by atoms with van der Waals surface area (Å²) >= 11 is 0. The second kappa shape index (κ2) is 9.33. The molecule has 0 bridgehead atoms. The first kappa shape index (κ1) is 19.1. The van der Waals surface area contributed by atoms with E-state index in [0.29, 0.717) is 12.6 Å². The fourth-order valence-electron chi connectivity index (χ4n) is 2.99. The van der Waals surface area contributed by atoms with Crippen molar-refractivity contribution in [2.24, 2.45) is 0 Å². The van der Waals surface area contributed by atoms with Crippen molar-refractivity contribution in [1.82, 2.24) is 10.2 Å². The Morgan fingerprint density at radius 2 is 2.28 bits per heavy atom. The first-order valence-corrected chi connectivity index (χ1v) is 8.46. The highest BCUT2D eigenvalue weighted by Gasteiger charge is 2.23. The maximum atomic E-state index is 11.3. The lowest BCUT2D eigenvalue weighted by atomic mass is 10.1. The molecule has 2 rings (SSSR count). The second-order valence-electron chi connectivity index (χ2n) is 6.04. The molecule has 0 saturated carbocycles. The summed E-state index contributed by atoms with van der Waals surface area (Å²) in [5, 5.41) is 14.7. The van der Waals surface area contributed by atoms with Crippen LogP contribution in [0.25, 0.3) is 0 Å². The van der Waals surface area contributed by atoms with Gasteiger partial charge in [0.1, 0.15) is 0 Å². The Morgan fingerprint density at radius 1 is 1.48 bits per heavy atom. The third-order valence-corrected chi connectivity index (χ3v) is 4.24. The number of rotatable bonds is 9. The molecule has 1 heterocycles. The third-order valence-electron chi connectivity index (χ3n) is 4.24. The number of hydrogen-bond donors (Lipinski definition) is 1. The minimum atomic E-state index is -0.582. The maximum absolute atomic E-state index is 11.3. The van der Waals surface area contributed by atoms with E-state index in [9.17, 15) is 14.9 Å². The van der Waals surface area contributed by atoms with Crippen LogP contribution >= 0.6 is 0 Å². The number of esters is 1. The van der Waals surface area contributed by atoms with Crippen molar-refractivity contribution in [3.8, 4) is 5.75 Å². The monoisotopic (exact) mass is 351 g/mol. The second-order valence-corrected chi connectivity index (χ2v) is 6.04. The summed E-state index contributed by atoms with van der Waals surface area (Å²) in [6.45, 7) is 5.32. The van der Waals surface area contributed by atoms with Crippen LogP contribution in [0, 0.1) is 10.1 Å². The molecule has 1 fully saturated rings. The minimum Gasteiger partial charge on any atom is -0.475 e. The summed E-state index contributed by atoms with van der Waals surface area (Å²) in [7, 11) is 1.24. The minimum absolute atomic E-state index is 0.0729. The molecule has 0 spiro atoms. The van der Waals surface area contributed by atoms with Crippen molar-refractivity contribution < 1.29 is 19.2 Å². The van der Waals surface area contributed by atoms with Gasteiger partial charge in [0.2, 0.25) is 0 Å². The topological polar surface area (TPSA) is 93.9 Å². The van der Waals surface area contributed by atoms with Crippen molar-refractivity contribution in [2.75, 3.05) is 33.4 Å². The van der Waals surface area contributed by atoms with Crippen LogP contribution in [-0.2, 0) is 16.1 Å². The number of benzene rings is 1. The number of hydrogen-bond acceptors (Lipinski definition) is 7. The van der Waals surface area contributed by atoms with E-state index in [1.807, 2.05) is 6.07 Å². The fraction of sp³-hybridized carbons (Fsp3) is 0.588. The molecule has 0 amide bonds. The highest BCUT2D eigenvalue weighted by atomic mass is 16.6. The van der Waals surface area contributed by atoms with Crippen LogP contribution in [0.15, 0.2) is 18.2 Å². The van der Waals surface area contributed by atoms with Gasteiger partial charge in [0.05, 0.1) is 12.0 Å². The number of carbonyl (C=O) groups is 1. The van der Waals surface area contributed by atoms with Crippen molar-refractivity contribution in [3.05, 3.63) is 33.9 Å². The van der Waals surface area contributed by atoms with Gasteiger partial charge in [-0.15, -0.1) is 0 Å². The number of methoxy groups -OCH3 is 1. The average molecular weight is 351 g/mol. The van der Waals surface area contributed by atoms with Gasteiger partial charge in [0.25, 0.3) is 0 Å². The number of nitro groups is 1. The zero-order valence-electron chi connectivity index (χ0n) is 14.7. The summed E-state index contributed by atoms with van der Waals surface area (Å²) < 4.78 is 9.70. The van der Waals surface area contributed by atoms with Crippen LogP contribution in [0.1, 0.15) is 25.3 Å². The molecule has 0 radical (unpaired) electrons. The lowest BCUT2D eigenvalue weighted by molar-refractivity contribution is -0.385. The lowest BCUT2D eigenvalue weighted by Gasteiger charge is -2.28. The van der Waals surface area contributed by atoms with E-state index in [0.717, 1.165) is 38.0 Å². The summed E-state index contributed by atoms with van der Waals surface area (Å²) in [6, 6.07) is 5.34. The average Bonchev–Trinajstić information content (AvgIpc) is 3.14. The maximum Gasteiger partial charge on any atom is 0.343 e. The number of nitro benzene ring substituents is 1. The van der Waals surface area contributed by atoms with Crippen LogP contribution in [-0.4, -0.2) is 55.2 Å². The molecule has 1 aliphatic heterocycles. The zero-order valence-corrected chi connectivity index (χ0v) is 14.7. The van der Waals surface area contributed by atoms with Gasteiger partial charge < -0.3 is 14.8 Å². The van der Waals surface area contributed by atoms with Gasteiger partial charge in [0, 0.05) is 25.2 Å². The van der Waals surface area contributed by atoms with Gasteiger partial charge in [-0.05, 0) is 37.6 Å². The number of nitrogens with one attached hydrogen (secondary N) is 1. The summed E-state index contributed by atoms with van der Waals surface area (Å²) in [5.74, 6) is -0.509. The zero-order chi connectivity index (χ0) is 18.2. The Morgan fingerprint density at radius 3 is 2.88 bits per heavy atom. The van der Waals surface area contributed by atoms with E-state index in [1.165, 1.54) is 13.2 Å². The van der Waals surface area contributed by atoms with Gasteiger partial charge in [0.15, 0.2) is 12.4 Å². The molecule has 8 heteroatoms. The Balaban J connectivity index is 2.13. The highest BCUT2D eigenvalue weighted by molar-refractivity contribution is 5.71. The van der Waals surface area contributed by atoms with Gasteiger partial charge in [-0.2, -0.15) is 0 Å². The summed E-state index contributed by atoms with van der Waals surface area (Å²) in [6.07, 6.45) is 2.11. The predicted octanol–water partition coefficient (Wildman–Crippen LogP) is 1.72. The van der Waals surface area contributed by atoms with Crippen LogP contribution < -0.4 is 10.1 Å². The Kier molecular flexibility index (Phi) is 7.15. The highest BCUT2D eigenvalue weighted by Crippen LogP contribution is 2.29. The molecule has 1 atom stereocenters. The number of carbonyl (C=O) groups excluding carboxylic acids is 1. The van der Waals surface area contributed by atoms with E-state index < -0.39 is 10.9 Å². The Hall–Kier alpha value is -2.19. The normalized spacial score (nSPS) is 16.8. The molecule has 8 nitrogen and oxygen atoms in total. The quantitative estimate of drug-likeness (QED) is 0.411. The standard InChI is InChI=1S/C17H25N3O5/c1-3-8-19(14-6-7-18-10-14)11-13-4-5-16(15(9-13)20(22)23)25-12-17(21)24-2/h4-5,9,14,18H,3,6-8,10-12H2,1-2H3. The van der Waals surface area contributed by atoms with E-state index in [1.54, 1.807) is 6.07 Å². The van der Waals surface area contributed by atoms with Crippen molar-refractivity contribution in [2.45, 2.75) is 32.4 Å². The molecule has 138 valence electrons. The summed E-state index contributed by atoms with van der Waals surface area (Å²) in [4.78, 5) is 24.4. The number of nitrogens with zero attached hydrogens (tertiary/aromatic N) is 2. The van der Waals surface area contributed by atoms with Gasteiger partial charge in [-0.25, -0.2) is 4.79 Å². The van der Waals surface area contributed by atoms with Gasteiger partial charge in [-0.1, -0.05) is 13.0 Å². The van der Waals surface area contributed by atoms with Crippen molar-refractivity contribution >= 4 is 11.7 Å². The molecule has 25 heavy (non-hydrogen) atoms. The first-order chi connectivity index (χ1) is 12.0. The molecule has 1 aliphatic rings. The smallest absolute Gasteiger partial charge is 0.343 e. The molecular weight excluding hydrogens is 326 g/mol. The molecule has 1 aromatic carbocycles. The van der Waals surface area contributed by atoms with Crippen molar-refractivity contribution in [1.29, 1.82) is 0 Å². The molecule has 1 unspecified atom stereocenters. The van der Waals surface area contributed by atoms with E-state index >= 15 is 0 Å². The molecule has 1 N–H and O–H groups in total. The van der Waals surface area contributed by atoms with E-state index in [2.05, 4.69) is 21.9 Å². The molecular formula is C17H25N3O5.